The number of halogens is 3. The summed E-state index contributed by atoms with van der Waals surface area (Å²) >= 11 is 25.1. The number of ether oxygens (including phenoxy) is 7. The first-order chi connectivity index (χ1) is 65.1. The standard InChI is InChI=1S/C38H57ClO9SSi3.C34H59ClO7Si4.C32H53ClO7SSi3/c1-13-43-30-19-16-28(17-20-30)36(46-49(41,42)31-21-14-26(2)15-22-31)32-24-29(18-23-33(32)39)38(40)37(48-52(10,11)12)35(47-51(7,8)9)27(3)34(45-38)25-44-50(4,5)6;1-15-37-27-19-16-25(17-20-27)32(41-45(9,10)11)28-22-26(18-21-29(28)35)34(36)33(42-46(12,13)14)31(40-44(6,7)8)24(2)30(39-34)23-38-43(3,4)5;1-12-35-25-16-13-23(14-17-25)30(36-21-41)26-19-24(15-18-27(26)33)32(34)31(40-44(9,10)11)29(39-43(6,7)8)22(2)28(38-32)20-37-42(3,4)5/h14-24,27,34-37,40H,13,25H2,1-12H3;16-22,24,30-33,36H,15,23H2,1-14H3;13-19,22,28-31,34,41H,12,20-21H2,1-11H3/t27-,34-,35+,36?,37-,38+;24-,30-,31+,32?,33-,34+;22-,28-,29+,30?,31-,32+/m111/s1. The highest BCUT2D eigenvalue weighted by molar-refractivity contribution is 7.86. The van der Waals surface area contributed by atoms with Gasteiger partial charge in [0, 0.05) is 66.2 Å². The summed E-state index contributed by atoms with van der Waals surface area (Å²) in [5, 5.41) is 40.0. The summed E-state index contributed by atoms with van der Waals surface area (Å²) in [5.41, 5.74) is 6.41. The van der Waals surface area contributed by atoms with Crippen molar-refractivity contribution in [1.29, 1.82) is 0 Å². The third-order valence-corrected chi connectivity index (χ3v) is 35.5. The SMILES string of the molecule is CCOc1ccc(C(OCS)c2cc([C@]3(O)O[C@H](CO[Si](C)(C)C)[C@@H](C)[C@H](O[Si](C)(C)C)[C@H]3O[Si](C)(C)C)ccc2Cl)cc1.CCOc1ccc(C(OS(=O)(=O)c2ccc(C)cc2)c2cc([C@]3(O)O[C@H](CO[Si](C)(C)C)[C@@H](C)[C@H](O[Si](C)(C)C)[C@H]3O[Si](C)(C)C)ccc2Cl)cc1.CCOc1ccc(C(O[Si](C)(C)C)c2cc([C@]3(O)O[C@H](CO[Si](C)(C)C)[C@@H](C)[C@H](O[Si](C)(C)C)[C@H]3O[Si](C)(C)C)ccc2Cl)cc1. The zero-order chi connectivity index (χ0) is 107. The van der Waals surface area contributed by atoms with Gasteiger partial charge in [0.25, 0.3) is 10.1 Å². The van der Waals surface area contributed by atoms with E-state index in [0.29, 0.717) is 82.2 Å². The Morgan fingerprint density at radius 1 is 0.352 bits per heavy atom. The van der Waals surface area contributed by atoms with Crippen molar-refractivity contribution in [2.75, 3.05) is 45.6 Å². The summed E-state index contributed by atoms with van der Waals surface area (Å²) in [6.45, 7) is 80.5. The molecule has 18 atom stereocenters. The largest absolute Gasteiger partial charge is 0.494 e. The van der Waals surface area contributed by atoms with Crippen LogP contribution in [-0.2, 0) is 94.9 Å². The number of hydrogen-bond donors (Lipinski definition) is 4. The van der Waals surface area contributed by atoms with Crippen molar-refractivity contribution in [3.05, 3.63) is 222 Å². The van der Waals surface area contributed by atoms with Gasteiger partial charge in [0.15, 0.2) is 83.2 Å². The van der Waals surface area contributed by atoms with E-state index in [4.69, 9.17) is 116 Å². The molecule has 3 unspecified atom stereocenters. The maximum Gasteiger partial charge on any atom is 0.297 e. The quantitative estimate of drug-likeness (QED) is 0.0120. The van der Waals surface area contributed by atoms with Crippen molar-refractivity contribution in [2.45, 2.75) is 340 Å². The van der Waals surface area contributed by atoms with Crippen LogP contribution in [0.15, 0.2) is 157 Å². The average molecular weight is 2240 g/mol. The Morgan fingerprint density at radius 2 is 0.613 bits per heavy atom. The average Bonchev–Trinajstić information content (AvgIpc) is 0.741. The molecule has 0 bridgehead atoms. The molecule has 0 saturated carbocycles. The molecule has 142 heavy (non-hydrogen) atoms. The molecule has 7 aromatic carbocycles. The van der Waals surface area contributed by atoms with Crippen LogP contribution >= 0.6 is 47.4 Å². The second-order valence-electron chi connectivity index (χ2n) is 47.2. The van der Waals surface area contributed by atoms with Gasteiger partial charge in [-0.15, -0.1) is 0 Å². The minimum Gasteiger partial charge on any atom is -0.494 e. The lowest BCUT2D eigenvalue weighted by molar-refractivity contribution is -0.341. The molecule has 3 saturated heterocycles. The lowest BCUT2D eigenvalue weighted by Gasteiger charge is -2.53. The molecule has 3 fully saturated rings. The second-order valence-corrected chi connectivity index (χ2v) is 95.0. The Kier molecular flexibility index (Phi) is 43.6. The summed E-state index contributed by atoms with van der Waals surface area (Å²) < 4.78 is 144. The van der Waals surface area contributed by atoms with E-state index < -0.39 is 184 Å². The third-order valence-electron chi connectivity index (χ3n) is 23.1. The predicted octanol–water partition coefficient (Wildman–Crippen LogP) is 26.4. The zero-order valence-electron chi connectivity index (χ0n) is 91.5. The summed E-state index contributed by atoms with van der Waals surface area (Å²) in [6, 6.07) is 45.1. The van der Waals surface area contributed by atoms with E-state index in [9.17, 15) is 23.7 Å². The molecule has 0 amide bonds. The van der Waals surface area contributed by atoms with Crippen LogP contribution in [-0.4, -0.2) is 207 Å². The van der Waals surface area contributed by atoms with Crippen molar-refractivity contribution in [1.82, 2.24) is 0 Å². The van der Waals surface area contributed by atoms with E-state index in [-0.39, 0.29) is 40.2 Å². The number of rotatable bonds is 43. The second kappa shape index (κ2) is 50.0. The minimum absolute atomic E-state index is 0.00437. The number of hydrogen-bond acceptors (Lipinski definition) is 24. The van der Waals surface area contributed by atoms with E-state index in [1.54, 1.807) is 66.7 Å². The number of thiol groups is 1. The molecule has 0 aromatic heterocycles. The first kappa shape index (κ1) is 124. The first-order valence-electron chi connectivity index (χ1n) is 49.8. The van der Waals surface area contributed by atoms with Gasteiger partial charge in [0.05, 0.1) is 93.2 Å². The Bertz CT molecular complexity index is 5280. The highest BCUT2D eigenvalue weighted by Gasteiger charge is 2.61. The molecule has 0 spiro atoms. The van der Waals surface area contributed by atoms with Crippen LogP contribution in [0.2, 0.25) is 211 Å². The van der Waals surface area contributed by atoms with Gasteiger partial charge < -0.3 is 92.7 Å². The summed E-state index contributed by atoms with van der Waals surface area (Å²) in [5.74, 6) is -3.69. The molecule has 3 aliphatic heterocycles. The molecule has 38 heteroatoms. The normalized spacial score (nSPS) is 24.8. The smallest absolute Gasteiger partial charge is 0.297 e. The molecule has 3 N–H and O–H groups in total. The Morgan fingerprint density at radius 3 is 0.866 bits per heavy atom. The molecular weight excluding hydrogens is 2070 g/mol. The highest BCUT2D eigenvalue weighted by atomic mass is 35.5. The monoisotopic (exact) mass is 2230 g/mol. The maximum atomic E-state index is 13.8. The fraction of sp³-hybridized carbons (Fsp3) is 0.596. The molecular formula is C104H169Cl3O23S2Si10. The lowest BCUT2D eigenvalue weighted by Crippen LogP contribution is -2.65. The first-order valence-corrected chi connectivity index (χ1v) is 87.1. The van der Waals surface area contributed by atoms with E-state index in [2.05, 4.69) is 230 Å². The zero-order valence-corrected chi connectivity index (χ0v) is 106. The number of aliphatic hydroxyl groups is 3. The van der Waals surface area contributed by atoms with Crippen LogP contribution in [0.5, 0.6) is 17.2 Å². The van der Waals surface area contributed by atoms with Gasteiger partial charge in [-0.2, -0.15) is 21.0 Å². The van der Waals surface area contributed by atoms with Gasteiger partial charge in [-0.3, -0.25) is 4.18 Å². The van der Waals surface area contributed by atoms with Gasteiger partial charge in [0.1, 0.15) is 47.8 Å². The number of aryl methyl sites for hydroxylation is 1. The van der Waals surface area contributed by atoms with Crippen LogP contribution in [0.3, 0.4) is 0 Å². The molecule has 3 heterocycles. The van der Waals surface area contributed by atoms with Gasteiger partial charge in [-0.05, 0) is 326 Å². The van der Waals surface area contributed by atoms with Crippen molar-refractivity contribution >= 4 is 141 Å². The summed E-state index contributed by atoms with van der Waals surface area (Å²) in [7, 11) is -25.2. The molecule has 796 valence electrons. The molecule has 0 aliphatic carbocycles. The molecule has 3 aliphatic rings. The molecule has 0 radical (unpaired) electrons. The van der Waals surface area contributed by atoms with Crippen LogP contribution in [0.1, 0.15) is 115 Å². The highest BCUT2D eigenvalue weighted by Crippen LogP contribution is 2.52. The van der Waals surface area contributed by atoms with E-state index in [1.807, 2.05) is 100 Å². The predicted molar refractivity (Wildman–Crippen MR) is 603 cm³/mol. The lowest BCUT2D eigenvalue weighted by atomic mass is 9.83. The van der Waals surface area contributed by atoms with Gasteiger partial charge in [-0.25, -0.2) is 0 Å². The fourth-order valence-corrected chi connectivity index (χ4v) is 28.3. The van der Waals surface area contributed by atoms with Gasteiger partial charge in [-0.1, -0.05) is 128 Å². The van der Waals surface area contributed by atoms with Crippen LogP contribution in [0, 0.1) is 24.7 Å². The van der Waals surface area contributed by atoms with E-state index in [1.165, 1.54) is 12.1 Å². The van der Waals surface area contributed by atoms with Gasteiger partial charge in [0.2, 0.25) is 17.4 Å². The molecule has 23 nitrogen and oxygen atoms in total. The van der Waals surface area contributed by atoms with Crippen molar-refractivity contribution in [3.8, 4) is 17.2 Å². The number of benzene rings is 7. The Balaban J connectivity index is 0.000000262. The fourth-order valence-electron chi connectivity index (χ4n) is 16.8. The van der Waals surface area contributed by atoms with Crippen molar-refractivity contribution in [2.24, 2.45) is 17.8 Å². The topological polar surface area (TPSA) is 261 Å². The third kappa shape index (κ3) is 36.4. The van der Waals surface area contributed by atoms with Crippen molar-refractivity contribution < 1.29 is 105 Å². The van der Waals surface area contributed by atoms with Crippen LogP contribution in [0.25, 0.3) is 0 Å². The molecule has 7 aromatic rings. The van der Waals surface area contributed by atoms with Crippen LogP contribution in [0.4, 0.5) is 0 Å². The Labute approximate surface area is 882 Å². The van der Waals surface area contributed by atoms with E-state index in [0.717, 1.165) is 33.8 Å². The van der Waals surface area contributed by atoms with Crippen LogP contribution < -0.4 is 14.2 Å². The van der Waals surface area contributed by atoms with Crippen molar-refractivity contribution in [3.63, 3.8) is 0 Å². The maximum absolute atomic E-state index is 13.8. The van der Waals surface area contributed by atoms with E-state index >= 15 is 0 Å². The minimum atomic E-state index is -4.29. The Hall–Kier alpha value is -3.44. The molecule has 10 rings (SSSR count). The summed E-state index contributed by atoms with van der Waals surface area (Å²) in [6.07, 6.45) is -7.41. The summed E-state index contributed by atoms with van der Waals surface area (Å²) in [4.78, 5) is 0.00437. The van der Waals surface area contributed by atoms with Gasteiger partial charge >= 0.3 is 0 Å².